The van der Waals surface area contributed by atoms with Crippen molar-refractivity contribution in [3.63, 3.8) is 0 Å². The van der Waals surface area contributed by atoms with Crippen LogP contribution in [0.1, 0.15) is 29.8 Å². The lowest BCUT2D eigenvalue weighted by molar-refractivity contribution is -0.134. The molecule has 3 N–H and O–H groups in total. The van der Waals surface area contributed by atoms with E-state index in [0.29, 0.717) is 19.4 Å². The van der Waals surface area contributed by atoms with E-state index < -0.39 is 6.10 Å². The summed E-state index contributed by atoms with van der Waals surface area (Å²) < 4.78 is 0. The molecule has 0 unspecified atom stereocenters. The number of carbonyl (C=O) groups is 1. The molecule has 1 aromatic heterocycles. The second-order valence-electron chi connectivity index (χ2n) is 5.87. The zero-order valence-electron chi connectivity index (χ0n) is 13.2. The zero-order valence-corrected chi connectivity index (χ0v) is 14.8. The number of hydrogen-bond donors (Lipinski definition) is 2. The van der Waals surface area contributed by atoms with Crippen LogP contribution in [-0.4, -0.2) is 40.1 Å². The number of pyridine rings is 1. The van der Waals surface area contributed by atoms with Gasteiger partial charge in [0.05, 0.1) is 18.3 Å². The molecule has 0 spiro atoms. The lowest BCUT2D eigenvalue weighted by Crippen LogP contribution is -2.32. The van der Waals surface area contributed by atoms with E-state index in [4.69, 9.17) is 5.73 Å². The molecule has 22 heavy (non-hydrogen) atoms. The highest BCUT2D eigenvalue weighted by atomic mass is 35.5. The molecule has 2 rings (SSSR count). The molecule has 1 amide bonds. The van der Waals surface area contributed by atoms with E-state index in [1.54, 1.807) is 11.9 Å². The fourth-order valence-electron chi connectivity index (χ4n) is 2.89. The molecule has 0 bridgehead atoms. The monoisotopic (exact) mass is 349 g/mol. The van der Waals surface area contributed by atoms with Crippen LogP contribution < -0.4 is 5.73 Å². The summed E-state index contributed by atoms with van der Waals surface area (Å²) in [4.78, 5) is 18.5. The van der Waals surface area contributed by atoms with Crippen LogP contribution in [0.25, 0.3) is 0 Å². The molecule has 5 nitrogen and oxygen atoms in total. The Hall–Kier alpha value is -0.880. The fraction of sp³-hybridized carbons (Fsp3) is 0.600. The maximum atomic E-state index is 12.3. The number of aryl methyl sites for hydroxylation is 2. The van der Waals surface area contributed by atoms with Gasteiger partial charge < -0.3 is 15.7 Å². The van der Waals surface area contributed by atoms with Gasteiger partial charge >= 0.3 is 0 Å². The predicted molar refractivity (Wildman–Crippen MR) is 91.4 cm³/mol. The van der Waals surface area contributed by atoms with E-state index in [2.05, 4.69) is 4.98 Å². The first kappa shape index (κ1) is 21.1. The Kier molecular flexibility index (Phi) is 8.33. The normalized spacial score (nSPS) is 23.4. The summed E-state index contributed by atoms with van der Waals surface area (Å²) in [6.45, 7) is 4.46. The van der Waals surface area contributed by atoms with Gasteiger partial charge in [-0.25, -0.2) is 0 Å². The first-order valence-electron chi connectivity index (χ1n) is 6.99. The van der Waals surface area contributed by atoms with Gasteiger partial charge in [-0.05, 0) is 44.4 Å². The van der Waals surface area contributed by atoms with Crippen molar-refractivity contribution in [2.45, 2.75) is 45.4 Å². The molecular weight excluding hydrogens is 325 g/mol. The minimum absolute atomic E-state index is 0. The van der Waals surface area contributed by atoms with Crippen molar-refractivity contribution >= 4 is 30.7 Å². The largest absolute Gasteiger partial charge is 0.391 e. The highest BCUT2D eigenvalue weighted by molar-refractivity contribution is 5.85. The van der Waals surface area contributed by atoms with E-state index in [1.165, 1.54) is 0 Å². The van der Waals surface area contributed by atoms with Crippen molar-refractivity contribution < 1.29 is 9.90 Å². The number of aliphatic hydroxyl groups excluding tert-OH is 1. The van der Waals surface area contributed by atoms with E-state index in [-0.39, 0.29) is 42.7 Å². The standard InChI is InChI=1S/C15H23N3O2.2ClH/c1-9-4-10(2)17-12(5-9)8-18(3)15(20)11-6-13(16)14(19)7-11;;/h4-5,11,13-14,19H,6-8,16H2,1-3H3;2*1H/t11-,13-,14-;;/m0../s1. The molecule has 1 saturated carbocycles. The Bertz CT molecular complexity index is 483. The fourth-order valence-corrected chi connectivity index (χ4v) is 2.89. The van der Waals surface area contributed by atoms with Crippen LogP contribution in [0.4, 0.5) is 0 Å². The molecule has 1 aromatic rings. The third kappa shape index (κ3) is 5.09. The van der Waals surface area contributed by atoms with Gasteiger partial charge in [0, 0.05) is 24.7 Å². The SMILES string of the molecule is Cc1cc(C)nc(CN(C)C(=O)[C@H]2C[C@H](N)[C@@H](O)C2)c1.Cl.Cl. The summed E-state index contributed by atoms with van der Waals surface area (Å²) in [5, 5.41) is 9.65. The summed E-state index contributed by atoms with van der Waals surface area (Å²) >= 11 is 0. The van der Waals surface area contributed by atoms with Crippen molar-refractivity contribution in [3.05, 3.63) is 29.1 Å². The summed E-state index contributed by atoms with van der Waals surface area (Å²) in [6.07, 6.45) is 0.464. The number of aliphatic hydroxyl groups is 1. The van der Waals surface area contributed by atoms with Crippen LogP contribution in [0, 0.1) is 19.8 Å². The van der Waals surface area contributed by atoms with Gasteiger partial charge in [0.25, 0.3) is 0 Å². The Balaban J connectivity index is 0.00000220. The number of halogens is 2. The number of nitrogens with two attached hydrogens (primary N) is 1. The van der Waals surface area contributed by atoms with Crippen molar-refractivity contribution in [3.8, 4) is 0 Å². The molecule has 126 valence electrons. The van der Waals surface area contributed by atoms with Crippen LogP contribution >= 0.6 is 24.8 Å². The molecule has 0 aliphatic heterocycles. The summed E-state index contributed by atoms with van der Waals surface area (Å²) in [6, 6.07) is 3.72. The third-order valence-corrected chi connectivity index (χ3v) is 3.85. The van der Waals surface area contributed by atoms with E-state index >= 15 is 0 Å². The van der Waals surface area contributed by atoms with Gasteiger partial charge in [0.1, 0.15) is 0 Å². The van der Waals surface area contributed by atoms with Gasteiger partial charge in [0.15, 0.2) is 0 Å². The second kappa shape index (κ2) is 8.67. The maximum absolute atomic E-state index is 12.3. The smallest absolute Gasteiger partial charge is 0.225 e. The van der Waals surface area contributed by atoms with Crippen LogP contribution in [0.3, 0.4) is 0 Å². The molecule has 1 aliphatic carbocycles. The highest BCUT2D eigenvalue weighted by Crippen LogP contribution is 2.26. The zero-order chi connectivity index (χ0) is 14.9. The van der Waals surface area contributed by atoms with Crippen molar-refractivity contribution in [1.82, 2.24) is 9.88 Å². The highest BCUT2D eigenvalue weighted by Gasteiger charge is 2.36. The lowest BCUT2D eigenvalue weighted by atomic mass is 10.1. The molecular formula is C15H25Cl2N3O2. The number of rotatable bonds is 3. The van der Waals surface area contributed by atoms with Crippen LogP contribution in [-0.2, 0) is 11.3 Å². The van der Waals surface area contributed by atoms with Gasteiger partial charge in [-0.3, -0.25) is 9.78 Å². The van der Waals surface area contributed by atoms with E-state index in [9.17, 15) is 9.90 Å². The summed E-state index contributed by atoms with van der Waals surface area (Å²) in [5.74, 6) is -0.131. The Morgan fingerprint density at radius 2 is 2.00 bits per heavy atom. The van der Waals surface area contributed by atoms with Gasteiger partial charge in [-0.2, -0.15) is 0 Å². The second-order valence-corrected chi connectivity index (χ2v) is 5.87. The van der Waals surface area contributed by atoms with Crippen molar-refractivity contribution in [1.29, 1.82) is 0 Å². The van der Waals surface area contributed by atoms with Crippen LogP contribution in [0.5, 0.6) is 0 Å². The lowest BCUT2D eigenvalue weighted by Gasteiger charge is -2.21. The molecule has 0 radical (unpaired) electrons. The molecule has 1 heterocycles. The molecule has 0 aromatic carbocycles. The number of aromatic nitrogens is 1. The summed E-state index contributed by atoms with van der Waals surface area (Å²) in [7, 11) is 1.78. The minimum Gasteiger partial charge on any atom is -0.391 e. The Morgan fingerprint density at radius 3 is 2.50 bits per heavy atom. The number of hydrogen-bond acceptors (Lipinski definition) is 4. The minimum atomic E-state index is -0.559. The quantitative estimate of drug-likeness (QED) is 0.868. The van der Waals surface area contributed by atoms with Gasteiger partial charge in [-0.1, -0.05) is 0 Å². The van der Waals surface area contributed by atoms with Crippen molar-refractivity contribution in [2.75, 3.05) is 7.05 Å². The van der Waals surface area contributed by atoms with Crippen LogP contribution in [0.15, 0.2) is 12.1 Å². The molecule has 7 heteroatoms. The number of amides is 1. The molecule has 1 aliphatic rings. The van der Waals surface area contributed by atoms with Gasteiger partial charge in [-0.15, -0.1) is 24.8 Å². The number of carbonyl (C=O) groups excluding carboxylic acids is 1. The number of nitrogens with zero attached hydrogens (tertiary/aromatic N) is 2. The molecule has 3 atom stereocenters. The van der Waals surface area contributed by atoms with E-state index in [0.717, 1.165) is 17.0 Å². The van der Waals surface area contributed by atoms with Crippen LogP contribution in [0.2, 0.25) is 0 Å². The van der Waals surface area contributed by atoms with E-state index in [1.807, 2.05) is 26.0 Å². The first-order valence-corrected chi connectivity index (χ1v) is 6.99. The maximum Gasteiger partial charge on any atom is 0.225 e. The average Bonchev–Trinajstić information content (AvgIpc) is 2.67. The topological polar surface area (TPSA) is 79.5 Å². The van der Waals surface area contributed by atoms with Crippen molar-refractivity contribution in [2.24, 2.45) is 11.7 Å². The Morgan fingerprint density at radius 1 is 1.36 bits per heavy atom. The average molecular weight is 350 g/mol. The summed E-state index contributed by atoms with van der Waals surface area (Å²) in [5.41, 5.74) is 8.76. The first-order chi connectivity index (χ1) is 9.36. The predicted octanol–water partition coefficient (Wildman–Crippen LogP) is 1.60. The molecule has 0 saturated heterocycles. The third-order valence-electron chi connectivity index (χ3n) is 3.85. The Labute approximate surface area is 144 Å². The molecule has 1 fully saturated rings. The van der Waals surface area contributed by atoms with Gasteiger partial charge in [0.2, 0.25) is 5.91 Å².